The van der Waals surface area contributed by atoms with Crippen LogP contribution in [0.2, 0.25) is 0 Å². The molecule has 0 unspecified atom stereocenters. The summed E-state index contributed by atoms with van der Waals surface area (Å²) in [6.07, 6.45) is 8.70. The number of aliphatic carboxylic acids is 2. The fourth-order valence-corrected chi connectivity index (χ4v) is 4.85. The van der Waals surface area contributed by atoms with Gasteiger partial charge in [0.1, 0.15) is 5.75 Å². The van der Waals surface area contributed by atoms with E-state index in [0.29, 0.717) is 18.4 Å². The zero-order valence-electron chi connectivity index (χ0n) is 21.0. The number of nitro groups is 1. The molecule has 0 spiro atoms. The van der Waals surface area contributed by atoms with Crippen molar-refractivity contribution < 1.29 is 29.5 Å². The molecule has 0 saturated carbocycles. The van der Waals surface area contributed by atoms with Crippen molar-refractivity contribution >= 4 is 17.6 Å². The van der Waals surface area contributed by atoms with Gasteiger partial charge < -0.3 is 20.3 Å². The number of ether oxygens (including phenoxy) is 1. The lowest BCUT2D eigenvalue weighted by molar-refractivity contribution is -0.385. The second kappa shape index (κ2) is 12.9. The molecule has 9 nitrogen and oxygen atoms in total. The molecule has 35 heavy (non-hydrogen) atoms. The Labute approximate surface area is 206 Å². The Bertz CT molecular complexity index is 991. The zero-order valence-corrected chi connectivity index (χ0v) is 21.0. The van der Waals surface area contributed by atoms with Gasteiger partial charge in [-0.25, -0.2) is 9.59 Å². The number of benzene rings is 1. The fourth-order valence-electron chi connectivity index (χ4n) is 4.85. The van der Waals surface area contributed by atoms with E-state index >= 15 is 0 Å². The van der Waals surface area contributed by atoms with Crippen molar-refractivity contribution in [1.82, 2.24) is 5.32 Å². The summed E-state index contributed by atoms with van der Waals surface area (Å²) in [7, 11) is 1.39. The van der Waals surface area contributed by atoms with E-state index in [2.05, 4.69) is 12.2 Å². The minimum Gasteiger partial charge on any atom is -0.496 e. The molecule has 1 aliphatic rings. The Morgan fingerprint density at radius 3 is 1.94 bits per heavy atom. The van der Waals surface area contributed by atoms with E-state index < -0.39 is 22.8 Å². The van der Waals surface area contributed by atoms with Crippen molar-refractivity contribution in [2.24, 2.45) is 0 Å². The number of hydrogen-bond donors (Lipinski definition) is 3. The van der Waals surface area contributed by atoms with Gasteiger partial charge in [-0.15, -0.1) is 0 Å². The number of hydrogen-bond acceptors (Lipinski definition) is 6. The molecule has 0 aliphatic carbocycles. The van der Waals surface area contributed by atoms with Crippen molar-refractivity contribution in [1.29, 1.82) is 0 Å². The lowest BCUT2D eigenvalue weighted by Crippen LogP contribution is -2.31. The highest BCUT2D eigenvalue weighted by atomic mass is 16.6. The standard InChI is InChI=1S/C26H36N2O7/c1-5-6-7-8-9-10-11-12-13-18-19(28(33)34)14-15-20(35-4)23(18)24-21(25(29)30)16(2)27-17(3)22(24)26(31)32/h14-15,24,27H,5-13H2,1-4H3,(H,29,30)(H,31,32). The average molecular weight is 489 g/mol. The number of nitro benzene ring substituents is 1. The predicted molar refractivity (Wildman–Crippen MR) is 133 cm³/mol. The Balaban J connectivity index is 2.55. The van der Waals surface area contributed by atoms with Crippen LogP contribution in [0.4, 0.5) is 5.69 Å². The Hall–Kier alpha value is -3.36. The van der Waals surface area contributed by atoms with Crippen molar-refractivity contribution in [2.45, 2.75) is 84.5 Å². The quantitative estimate of drug-likeness (QED) is 0.172. The van der Waals surface area contributed by atoms with Gasteiger partial charge >= 0.3 is 11.9 Å². The normalized spacial score (nSPS) is 14.2. The third kappa shape index (κ3) is 6.61. The lowest BCUT2D eigenvalue weighted by atomic mass is 9.77. The topological polar surface area (TPSA) is 139 Å². The molecule has 1 aliphatic heterocycles. The number of methoxy groups -OCH3 is 1. The first-order chi connectivity index (χ1) is 16.6. The van der Waals surface area contributed by atoms with Crippen molar-refractivity contribution in [3.8, 4) is 5.75 Å². The highest BCUT2D eigenvalue weighted by molar-refractivity contribution is 5.99. The molecule has 9 heteroatoms. The molecule has 0 aromatic heterocycles. The van der Waals surface area contributed by atoms with E-state index in [1.54, 1.807) is 13.8 Å². The Morgan fingerprint density at radius 1 is 0.971 bits per heavy atom. The minimum atomic E-state index is -1.29. The number of unbranched alkanes of at least 4 members (excludes halogenated alkanes) is 7. The summed E-state index contributed by atoms with van der Waals surface area (Å²) in [5.41, 5.74) is 0.651. The monoisotopic (exact) mass is 488 g/mol. The summed E-state index contributed by atoms with van der Waals surface area (Å²) in [6.45, 7) is 5.28. The number of carboxylic acids is 2. The zero-order chi connectivity index (χ0) is 26.1. The third-order valence-corrected chi connectivity index (χ3v) is 6.50. The molecule has 1 aromatic carbocycles. The van der Waals surface area contributed by atoms with Gasteiger partial charge in [0.2, 0.25) is 0 Å². The molecule has 192 valence electrons. The van der Waals surface area contributed by atoms with Gasteiger partial charge in [0.05, 0.1) is 29.1 Å². The highest BCUT2D eigenvalue weighted by Gasteiger charge is 2.40. The van der Waals surface area contributed by atoms with Crippen molar-refractivity contribution in [3.05, 3.63) is 55.9 Å². The number of rotatable bonds is 14. The number of nitrogens with zero attached hydrogens (tertiary/aromatic N) is 1. The summed E-state index contributed by atoms with van der Waals surface area (Å²) >= 11 is 0. The second-order valence-corrected chi connectivity index (χ2v) is 8.91. The fraction of sp³-hybridized carbons (Fsp3) is 0.538. The lowest BCUT2D eigenvalue weighted by Gasteiger charge is -2.31. The van der Waals surface area contributed by atoms with Crippen LogP contribution in [0.15, 0.2) is 34.7 Å². The van der Waals surface area contributed by atoms with E-state index in [1.165, 1.54) is 38.5 Å². The Kier molecular flexibility index (Phi) is 10.3. The van der Waals surface area contributed by atoms with Crippen LogP contribution in [0.5, 0.6) is 5.75 Å². The van der Waals surface area contributed by atoms with Gasteiger partial charge in [0, 0.05) is 28.6 Å². The molecule has 0 atom stereocenters. The van der Waals surface area contributed by atoms with Gasteiger partial charge in [0.25, 0.3) is 5.69 Å². The van der Waals surface area contributed by atoms with Crippen LogP contribution in [0.1, 0.15) is 89.2 Å². The molecule has 3 N–H and O–H groups in total. The maximum atomic E-state index is 12.3. The Morgan fingerprint density at radius 2 is 1.49 bits per heavy atom. The van der Waals surface area contributed by atoms with Crippen LogP contribution in [-0.2, 0) is 16.0 Å². The van der Waals surface area contributed by atoms with E-state index in [9.17, 15) is 29.9 Å². The number of allylic oxidation sites excluding steroid dienone is 2. The third-order valence-electron chi connectivity index (χ3n) is 6.50. The molecule has 0 amide bonds. The molecule has 1 heterocycles. The first-order valence-corrected chi connectivity index (χ1v) is 12.1. The van der Waals surface area contributed by atoms with Crippen LogP contribution in [0.25, 0.3) is 0 Å². The molecular formula is C26H36N2O7. The maximum absolute atomic E-state index is 12.3. The first-order valence-electron chi connectivity index (χ1n) is 12.1. The van der Waals surface area contributed by atoms with Gasteiger partial charge in [-0.05, 0) is 32.8 Å². The van der Waals surface area contributed by atoms with E-state index in [1.807, 2.05) is 0 Å². The second-order valence-electron chi connectivity index (χ2n) is 8.91. The first kappa shape index (κ1) is 27.9. The molecule has 2 rings (SSSR count). The van der Waals surface area contributed by atoms with Crippen molar-refractivity contribution in [3.63, 3.8) is 0 Å². The largest absolute Gasteiger partial charge is 0.496 e. The molecule has 1 aromatic rings. The summed E-state index contributed by atoms with van der Waals surface area (Å²) in [5, 5.41) is 34.8. The van der Waals surface area contributed by atoms with Crippen LogP contribution in [0.3, 0.4) is 0 Å². The molecule has 0 saturated heterocycles. The molecular weight excluding hydrogens is 452 g/mol. The number of nitrogens with one attached hydrogen (secondary N) is 1. The number of dihydropyridines is 1. The van der Waals surface area contributed by atoms with Gasteiger partial charge in [0.15, 0.2) is 0 Å². The minimum absolute atomic E-state index is 0.160. The SMILES string of the molecule is CCCCCCCCCCc1c([N+](=O)[O-])ccc(OC)c1C1C(C(=O)O)=C(C)NC(C)=C1C(=O)O. The summed E-state index contributed by atoms with van der Waals surface area (Å²) < 4.78 is 5.51. The smallest absolute Gasteiger partial charge is 0.334 e. The van der Waals surface area contributed by atoms with Gasteiger partial charge in [-0.1, -0.05) is 51.9 Å². The summed E-state index contributed by atoms with van der Waals surface area (Å²) in [5.74, 6) is -3.57. The molecule has 0 fully saturated rings. The molecule has 0 bridgehead atoms. The van der Waals surface area contributed by atoms with E-state index in [0.717, 1.165) is 25.7 Å². The van der Waals surface area contributed by atoms with Gasteiger partial charge in [-0.2, -0.15) is 0 Å². The average Bonchev–Trinajstić information content (AvgIpc) is 2.78. The summed E-state index contributed by atoms with van der Waals surface area (Å²) in [6, 6.07) is 2.76. The summed E-state index contributed by atoms with van der Waals surface area (Å²) in [4.78, 5) is 36.0. The van der Waals surface area contributed by atoms with Crippen LogP contribution in [0, 0.1) is 10.1 Å². The van der Waals surface area contributed by atoms with Crippen molar-refractivity contribution in [2.75, 3.05) is 7.11 Å². The van der Waals surface area contributed by atoms with Crippen LogP contribution < -0.4 is 10.1 Å². The predicted octanol–water partition coefficient (Wildman–Crippen LogP) is 5.69. The van der Waals surface area contributed by atoms with Crippen LogP contribution in [-0.4, -0.2) is 34.2 Å². The van der Waals surface area contributed by atoms with E-state index in [4.69, 9.17) is 4.74 Å². The van der Waals surface area contributed by atoms with E-state index in [-0.39, 0.29) is 39.5 Å². The number of carbonyl (C=O) groups is 2. The maximum Gasteiger partial charge on any atom is 0.334 e. The number of carboxylic acid groups (broad SMARTS) is 2. The molecule has 0 radical (unpaired) electrons. The van der Waals surface area contributed by atoms with Gasteiger partial charge in [-0.3, -0.25) is 10.1 Å². The van der Waals surface area contributed by atoms with Crippen LogP contribution >= 0.6 is 0 Å². The highest BCUT2D eigenvalue weighted by Crippen LogP contribution is 2.46.